The topological polar surface area (TPSA) is 79.3 Å². The van der Waals surface area contributed by atoms with Crippen molar-refractivity contribution in [2.45, 2.75) is 51.2 Å². The number of benzene rings is 3. The minimum Gasteiger partial charge on any atom is -0.478 e. The molecular weight excluding hydrogens is 552 g/mol. The molecule has 0 aliphatic carbocycles. The number of carbonyl (C=O) groups is 2. The lowest BCUT2D eigenvalue weighted by molar-refractivity contribution is -0.120. The third kappa shape index (κ3) is 9.34. The number of amides is 1. The minimum atomic E-state index is -0.904. The third-order valence-electron chi connectivity index (χ3n) is 6.98. The monoisotopic (exact) mass is 588 g/mol. The van der Waals surface area contributed by atoms with Gasteiger partial charge in [0, 0.05) is 40.1 Å². The molecule has 1 aromatic heterocycles. The van der Waals surface area contributed by atoms with E-state index in [1.165, 1.54) is 11.1 Å². The van der Waals surface area contributed by atoms with E-state index in [9.17, 15) is 14.7 Å². The van der Waals surface area contributed by atoms with E-state index in [0.29, 0.717) is 41.6 Å². The standard InChI is InChI=1S/C34H37ClN2O3S/c1-23(2)22-36-33(38)18-19-41-32(17-13-25-7-3-4-9-30(25)34(39)40)27-8-5-6-24(20-27)10-15-29-16-12-26-11-14-28(35)21-31(26)37-29/h3-9,11-12,14,16,20-21,23,32H,10,13,15,17-19,22H2,1-2H3,(H,36,38)(H,39,40). The number of pyridine rings is 1. The molecule has 41 heavy (non-hydrogen) atoms. The molecule has 0 saturated carbocycles. The second-order valence-electron chi connectivity index (χ2n) is 10.7. The largest absolute Gasteiger partial charge is 0.478 e. The van der Waals surface area contributed by atoms with Crippen molar-refractivity contribution in [1.82, 2.24) is 10.3 Å². The van der Waals surface area contributed by atoms with Crippen LogP contribution in [0.15, 0.2) is 78.9 Å². The average Bonchev–Trinajstić information content (AvgIpc) is 2.96. The van der Waals surface area contributed by atoms with Gasteiger partial charge in [-0.2, -0.15) is 11.8 Å². The molecule has 4 rings (SSSR count). The molecule has 0 saturated heterocycles. The highest BCUT2D eigenvalue weighted by molar-refractivity contribution is 7.99. The number of fused-ring (bicyclic) bond motifs is 1. The summed E-state index contributed by atoms with van der Waals surface area (Å²) in [6.07, 6.45) is 3.54. The zero-order valence-electron chi connectivity index (χ0n) is 23.6. The molecule has 5 nitrogen and oxygen atoms in total. The third-order valence-corrected chi connectivity index (χ3v) is 8.57. The van der Waals surface area contributed by atoms with Gasteiger partial charge in [-0.05, 0) is 72.6 Å². The van der Waals surface area contributed by atoms with Crippen LogP contribution in [0.25, 0.3) is 10.9 Å². The zero-order valence-corrected chi connectivity index (χ0v) is 25.2. The highest BCUT2D eigenvalue weighted by Crippen LogP contribution is 2.35. The second kappa shape index (κ2) is 15.0. The first-order valence-corrected chi connectivity index (χ1v) is 15.5. The summed E-state index contributed by atoms with van der Waals surface area (Å²) in [6.45, 7) is 4.84. The Hall–Kier alpha value is -3.35. The van der Waals surface area contributed by atoms with Gasteiger partial charge in [0.25, 0.3) is 0 Å². The van der Waals surface area contributed by atoms with Crippen LogP contribution >= 0.6 is 23.4 Å². The molecule has 1 amide bonds. The first-order valence-electron chi connectivity index (χ1n) is 14.1. The van der Waals surface area contributed by atoms with Crippen molar-refractivity contribution in [3.8, 4) is 0 Å². The van der Waals surface area contributed by atoms with Gasteiger partial charge in [-0.15, -0.1) is 0 Å². The lowest BCUT2D eigenvalue weighted by Crippen LogP contribution is -2.27. The fraction of sp³-hybridized carbons (Fsp3) is 0.324. The van der Waals surface area contributed by atoms with E-state index >= 15 is 0 Å². The Balaban J connectivity index is 1.46. The molecule has 0 aliphatic heterocycles. The summed E-state index contributed by atoms with van der Waals surface area (Å²) < 4.78 is 0. The number of carboxylic acid groups (broad SMARTS) is 1. The first-order chi connectivity index (χ1) is 19.8. The minimum absolute atomic E-state index is 0.0686. The average molecular weight is 589 g/mol. The molecule has 0 radical (unpaired) electrons. The lowest BCUT2D eigenvalue weighted by Gasteiger charge is -2.19. The van der Waals surface area contributed by atoms with Gasteiger partial charge in [0.2, 0.25) is 5.91 Å². The highest BCUT2D eigenvalue weighted by Gasteiger charge is 2.17. The summed E-state index contributed by atoms with van der Waals surface area (Å²) in [6, 6.07) is 25.7. The van der Waals surface area contributed by atoms with Gasteiger partial charge >= 0.3 is 5.97 Å². The molecule has 0 fully saturated rings. The molecule has 0 bridgehead atoms. The highest BCUT2D eigenvalue weighted by atomic mass is 35.5. The van der Waals surface area contributed by atoms with E-state index in [1.54, 1.807) is 23.9 Å². The normalized spacial score (nSPS) is 12.0. The van der Waals surface area contributed by atoms with Crippen molar-refractivity contribution in [2.75, 3.05) is 12.3 Å². The van der Waals surface area contributed by atoms with Crippen molar-refractivity contribution >= 4 is 46.1 Å². The van der Waals surface area contributed by atoms with E-state index in [1.807, 2.05) is 30.3 Å². The van der Waals surface area contributed by atoms with Crippen molar-refractivity contribution in [2.24, 2.45) is 5.92 Å². The number of carbonyl (C=O) groups excluding carboxylic acids is 1. The number of aromatic carboxylic acids is 1. The summed E-state index contributed by atoms with van der Waals surface area (Å²) >= 11 is 7.93. The van der Waals surface area contributed by atoms with Crippen molar-refractivity contribution in [1.29, 1.82) is 0 Å². The predicted octanol–water partition coefficient (Wildman–Crippen LogP) is 7.94. The Kier molecular flexibility index (Phi) is 11.2. The summed E-state index contributed by atoms with van der Waals surface area (Å²) in [5, 5.41) is 14.5. The molecule has 0 aliphatic rings. The summed E-state index contributed by atoms with van der Waals surface area (Å²) in [5.74, 6) is 0.277. The van der Waals surface area contributed by atoms with Crippen molar-refractivity contribution < 1.29 is 14.7 Å². The maximum absolute atomic E-state index is 12.3. The summed E-state index contributed by atoms with van der Waals surface area (Å²) in [7, 11) is 0. The Morgan fingerprint density at radius 2 is 1.76 bits per heavy atom. The van der Waals surface area contributed by atoms with Gasteiger partial charge < -0.3 is 10.4 Å². The van der Waals surface area contributed by atoms with Crippen LogP contribution in [0.5, 0.6) is 0 Å². The Labute approximate surface area is 251 Å². The van der Waals surface area contributed by atoms with Gasteiger partial charge in [-0.3, -0.25) is 9.78 Å². The van der Waals surface area contributed by atoms with Crippen LogP contribution in [0.1, 0.15) is 64.7 Å². The molecule has 2 N–H and O–H groups in total. The Bertz CT molecular complexity index is 1490. The number of aromatic nitrogens is 1. The number of rotatable bonds is 14. The molecule has 7 heteroatoms. The number of thioether (sulfide) groups is 1. The molecule has 4 aromatic rings. The van der Waals surface area contributed by atoms with Crippen LogP contribution in [0.2, 0.25) is 5.02 Å². The number of aryl methyl sites for hydroxylation is 3. The number of nitrogens with zero attached hydrogens (tertiary/aromatic N) is 1. The number of hydrogen-bond acceptors (Lipinski definition) is 4. The molecule has 3 aromatic carbocycles. The first kappa shape index (κ1) is 30.6. The second-order valence-corrected chi connectivity index (χ2v) is 12.4. The SMILES string of the molecule is CC(C)CNC(=O)CCSC(CCc1ccccc1C(=O)O)c1cccc(CCc2ccc3ccc(Cl)cc3n2)c1. The van der Waals surface area contributed by atoms with Crippen molar-refractivity contribution in [3.05, 3.63) is 112 Å². The molecule has 1 atom stereocenters. The van der Waals surface area contributed by atoms with E-state index in [2.05, 4.69) is 55.6 Å². The number of halogens is 1. The van der Waals surface area contributed by atoms with Crippen LogP contribution in [0.4, 0.5) is 0 Å². The maximum Gasteiger partial charge on any atom is 0.335 e. The smallest absolute Gasteiger partial charge is 0.335 e. The van der Waals surface area contributed by atoms with Crippen LogP contribution in [-0.4, -0.2) is 34.3 Å². The van der Waals surface area contributed by atoms with Crippen LogP contribution in [0.3, 0.4) is 0 Å². The van der Waals surface area contributed by atoms with E-state index in [-0.39, 0.29) is 11.2 Å². The number of hydrogen-bond donors (Lipinski definition) is 2. The van der Waals surface area contributed by atoms with Crippen LogP contribution in [0, 0.1) is 5.92 Å². The molecule has 0 spiro atoms. The fourth-order valence-corrected chi connectivity index (χ4v) is 6.15. The predicted molar refractivity (Wildman–Crippen MR) is 170 cm³/mol. The van der Waals surface area contributed by atoms with Crippen LogP contribution < -0.4 is 5.32 Å². The Morgan fingerprint density at radius 1 is 0.951 bits per heavy atom. The van der Waals surface area contributed by atoms with Crippen LogP contribution in [-0.2, 0) is 24.1 Å². The summed E-state index contributed by atoms with van der Waals surface area (Å²) in [4.78, 5) is 28.9. The molecular formula is C34H37ClN2O3S. The van der Waals surface area contributed by atoms with Gasteiger partial charge in [0.15, 0.2) is 0 Å². The number of nitrogens with one attached hydrogen (secondary N) is 1. The quantitative estimate of drug-likeness (QED) is 0.156. The lowest BCUT2D eigenvalue weighted by atomic mass is 9.97. The van der Waals surface area contributed by atoms with E-state index in [4.69, 9.17) is 16.6 Å². The molecule has 1 heterocycles. The van der Waals surface area contributed by atoms with Crippen molar-refractivity contribution in [3.63, 3.8) is 0 Å². The molecule has 214 valence electrons. The Morgan fingerprint density at radius 3 is 2.56 bits per heavy atom. The fourth-order valence-electron chi connectivity index (χ4n) is 4.77. The maximum atomic E-state index is 12.3. The van der Waals surface area contributed by atoms with Gasteiger partial charge in [0.05, 0.1) is 11.1 Å². The summed E-state index contributed by atoms with van der Waals surface area (Å²) in [5.41, 5.74) is 5.53. The molecule has 1 unspecified atom stereocenters. The van der Waals surface area contributed by atoms with Gasteiger partial charge in [-0.25, -0.2) is 4.79 Å². The van der Waals surface area contributed by atoms with Gasteiger partial charge in [-0.1, -0.05) is 80.0 Å². The van der Waals surface area contributed by atoms with Gasteiger partial charge in [0.1, 0.15) is 0 Å². The zero-order chi connectivity index (χ0) is 29.2. The van der Waals surface area contributed by atoms with E-state index in [0.717, 1.165) is 41.4 Å². The van der Waals surface area contributed by atoms with E-state index < -0.39 is 5.97 Å². The number of carboxylic acids is 1.